The second-order valence-corrected chi connectivity index (χ2v) is 6.48. The molecule has 136 valence electrons. The lowest BCUT2D eigenvalue weighted by Gasteiger charge is -2.29. The van der Waals surface area contributed by atoms with Gasteiger partial charge in [0.05, 0.1) is 20.3 Å². The van der Waals surface area contributed by atoms with Gasteiger partial charge in [0.1, 0.15) is 17.1 Å². The minimum Gasteiger partial charge on any atom is -0.496 e. The zero-order valence-electron chi connectivity index (χ0n) is 15.2. The summed E-state index contributed by atoms with van der Waals surface area (Å²) in [5, 5.41) is 5.12. The molecule has 1 N–H and O–H groups in total. The van der Waals surface area contributed by atoms with E-state index in [-0.39, 0.29) is 11.9 Å². The van der Waals surface area contributed by atoms with E-state index in [1.54, 1.807) is 43.8 Å². The quantitative estimate of drug-likeness (QED) is 0.741. The molecule has 6 heteroatoms. The van der Waals surface area contributed by atoms with E-state index in [1.165, 1.54) is 4.88 Å². The van der Waals surface area contributed by atoms with E-state index in [0.29, 0.717) is 23.6 Å². The zero-order valence-corrected chi connectivity index (χ0v) is 16.1. The standard InChI is InChI=1S/C19H26N2O3S/c1-5-21(6-2)14(17-11-8-12-25-17)13-20-19(22)18-15(23-3)9-7-10-16(18)24-4/h7-12,14H,5-6,13H2,1-4H3,(H,20,22). The molecule has 0 aliphatic carbocycles. The van der Waals surface area contributed by atoms with Gasteiger partial charge in [0.25, 0.3) is 5.91 Å². The van der Waals surface area contributed by atoms with Crippen LogP contribution >= 0.6 is 11.3 Å². The number of nitrogens with zero attached hydrogens (tertiary/aromatic N) is 1. The highest BCUT2D eigenvalue weighted by Gasteiger charge is 2.23. The van der Waals surface area contributed by atoms with E-state index >= 15 is 0 Å². The van der Waals surface area contributed by atoms with Gasteiger partial charge in [0.2, 0.25) is 0 Å². The van der Waals surface area contributed by atoms with Crippen molar-refractivity contribution in [2.24, 2.45) is 0 Å². The van der Waals surface area contributed by atoms with E-state index in [9.17, 15) is 4.79 Å². The van der Waals surface area contributed by atoms with Gasteiger partial charge >= 0.3 is 0 Å². The average molecular weight is 362 g/mol. The van der Waals surface area contributed by atoms with Crippen LogP contribution in [-0.2, 0) is 0 Å². The first-order valence-electron chi connectivity index (χ1n) is 8.42. The molecule has 1 atom stereocenters. The number of hydrogen-bond acceptors (Lipinski definition) is 5. The van der Waals surface area contributed by atoms with Crippen LogP contribution < -0.4 is 14.8 Å². The summed E-state index contributed by atoms with van der Waals surface area (Å²) >= 11 is 1.71. The van der Waals surface area contributed by atoms with Gasteiger partial charge in [-0.3, -0.25) is 9.69 Å². The van der Waals surface area contributed by atoms with Crippen molar-refractivity contribution in [3.63, 3.8) is 0 Å². The van der Waals surface area contributed by atoms with E-state index in [2.05, 4.69) is 35.5 Å². The van der Waals surface area contributed by atoms with E-state index in [4.69, 9.17) is 9.47 Å². The summed E-state index contributed by atoms with van der Waals surface area (Å²) in [4.78, 5) is 16.4. The highest BCUT2D eigenvalue weighted by molar-refractivity contribution is 7.10. The number of benzene rings is 1. The lowest BCUT2D eigenvalue weighted by atomic mass is 10.1. The molecule has 5 nitrogen and oxygen atoms in total. The summed E-state index contributed by atoms with van der Waals surface area (Å²) < 4.78 is 10.7. The Kier molecular flexibility index (Phi) is 7.28. The number of likely N-dealkylation sites (N-methyl/N-ethyl adjacent to an activating group) is 1. The number of amides is 1. The SMILES string of the molecule is CCN(CC)C(CNC(=O)c1c(OC)cccc1OC)c1cccs1. The third-order valence-electron chi connectivity index (χ3n) is 4.24. The van der Waals surface area contributed by atoms with Gasteiger partial charge in [0.15, 0.2) is 0 Å². The first-order chi connectivity index (χ1) is 12.2. The number of hydrogen-bond donors (Lipinski definition) is 1. The van der Waals surface area contributed by atoms with Gasteiger partial charge < -0.3 is 14.8 Å². The van der Waals surface area contributed by atoms with Crippen LogP contribution in [0.5, 0.6) is 11.5 Å². The average Bonchev–Trinajstić information content (AvgIpc) is 3.18. The number of thiophene rings is 1. The van der Waals surface area contributed by atoms with Crippen molar-refractivity contribution in [2.75, 3.05) is 33.9 Å². The molecule has 25 heavy (non-hydrogen) atoms. The molecule has 1 aromatic carbocycles. The first kappa shape index (κ1) is 19.3. The molecular formula is C19H26N2O3S. The Bertz CT molecular complexity index is 647. The predicted molar refractivity (Wildman–Crippen MR) is 102 cm³/mol. The topological polar surface area (TPSA) is 50.8 Å². The Morgan fingerprint density at radius 2 is 1.76 bits per heavy atom. The van der Waals surface area contributed by atoms with Gasteiger partial charge in [-0.2, -0.15) is 0 Å². The lowest BCUT2D eigenvalue weighted by Crippen LogP contribution is -2.37. The van der Waals surface area contributed by atoms with Gasteiger partial charge in [-0.15, -0.1) is 11.3 Å². The van der Waals surface area contributed by atoms with Crippen LogP contribution in [0.15, 0.2) is 35.7 Å². The Labute approximate surface area is 153 Å². The fourth-order valence-corrected chi connectivity index (χ4v) is 3.77. The van der Waals surface area contributed by atoms with Crippen molar-refractivity contribution in [2.45, 2.75) is 19.9 Å². The third-order valence-corrected chi connectivity index (χ3v) is 5.21. The zero-order chi connectivity index (χ0) is 18.2. The maximum Gasteiger partial charge on any atom is 0.258 e. The predicted octanol–water partition coefficient (Wildman–Crippen LogP) is 3.58. The number of ether oxygens (including phenoxy) is 2. The number of nitrogens with one attached hydrogen (secondary N) is 1. The van der Waals surface area contributed by atoms with Crippen molar-refractivity contribution < 1.29 is 14.3 Å². The highest BCUT2D eigenvalue weighted by Crippen LogP contribution is 2.29. The molecule has 0 radical (unpaired) electrons. The third kappa shape index (κ3) is 4.52. The molecule has 0 aliphatic heterocycles. The van der Waals surface area contributed by atoms with Gasteiger partial charge in [0, 0.05) is 11.4 Å². The van der Waals surface area contributed by atoms with Gasteiger partial charge in [-0.1, -0.05) is 26.0 Å². The summed E-state index contributed by atoms with van der Waals surface area (Å²) in [6, 6.07) is 9.64. The monoisotopic (exact) mass is 362 g/mol. The molecule has 2 aromatic rings. The lowest BCUT2D eigenvalue weighted by molar-refractivity contribution is 0.0929. The van der Waals surface area contributed by atoms with Crippen LogP contribution in [0.4, 0.5) is 0 Å². The Balaban J connectivity index is 2.19. The van der Waals surface area contributed by atoms with Crippen molar-refractivity contribution in [1.29, 1.82) is 0 Å². The van der Waals surface area contributed by atoms with Gasteiger partial charge in [-0.05, 0) is 36.7 Å². The summed E-state index contributed by atoms with van der Waals surface area (Å²) in [6.07, 6.45) is 0. The summed E-state index contributed by atoms with van der Waals surface area (Å²) in [6.45, 7) is 6.65. The minimum absolute atomic E-state index is 0.152. The first-order valence-corrected chi connectivity index (χ1v) is 9.30. The molecule has 1 aromatic heterocycles. The van der Waals surface area contributed by atoms with Crippen molar-refractivity contribution in [1.82, 2.24) is 10.2 Å². The Morgan fingerprint density at radius 3 is 2.24 bits per heavy atom. The maximum absolute atomic E-state index is 12.8. The smallest absolute Gasteiger partial charge is 0.258 e. The van der Waals surface area contributed by atoms with Crippen LogP contribution in [0.2, 0.25) is 0 Å². The molecule has 0 bridgehead atoms. The molecule has 0 spiro atoms. The number of carbonyl (C=O) groups excluding carboxylic acids is 1. The summed E-state index contributed by atoms with van der Waals surface area (Å²) in [5.74, 6) is 0.822. The molecule has 0 aliphatic rings. The summed E-state index contributed by atoms with van der Waals surface area (Å²) in [5.41, 5.74) is 0.428. The number of rotatable bonds is 9. The number of methoxy groups -OCH3 is 2. The fourth-order valence-electron chi connectivity index (χ4n) is 2.91. The molecule has 0 saturated heterocycles. The Hall–Kier alpha value is -2.05. The Morgan fingerprint density at radius 1 is 1.12 bits per heavy atom. The molecule has 1 unspecified atom stereocenters. The molecule has 1 amide bonds. The molecule has 0 fully saturated rings. The molecule has 0 saturated carbocycles. The maximum atomic E-state index is 12.8. The van der Waals surface area contributed by atoms with Crippen LogP contribution in [0.25, 0.3) is 0 Å². The van der Waals surface area contributed by atoms with E-state index in [1.807, 2.05) is 6.07 Å². The molecule has 1 heterocycles. The molecule has 2 rings (SSSR count). The molecular weight excluding hydrogens is 336 g/mol. The van der Waals surface area contributed by atoms with E-state index in [0.717, 1.165) is 13.1 Å². The highest BCUT2D eigenvalue weighted by atomic mass is 32.1. The van der Waals surface area contributed by atoms with E-state index < -0.39 is 0 Å². The van der Waals surface area contributed by atoms with Crippen molar-refractivity contribution >= 4 is 17.2 Å². The van der Waals surface area contributed by atoms with Crippen LogP contribution in [-0.4, -0.2) is 44.7 Å². The largest absolute Gasteiger partial charge is 0.496 e. The van der Waals surface area contributed by atoms with Crippen molar-refractivity contribution in [3.8, 4) is 11.5 Å². The normalized spacial score (nSPS) is 12.0. The van der Waals surface area contributed by atoms with Crippen LogP contribution in [0, 0.1) is 0 Å². The van der Waals surface area contributed by atoms with Gasteiger partial charge in [-0.25, -0.2) is 0 Å². The fraction of sp³-hybridized carbons (Fsp3) is 0.421. The second kappa shape index (κ2) is 9.44. The van der Waals surface area contributed by atoms with Crippen LogP contribution in [0.1, 0.15) is 35.1 Å². The van der Waals surface area contributed by atoms with Crippen molar-refractivity contribution in [3.05, 3.63) is 46.2 Å². The number of carbonyl (C=O) groups is 1. The summed E-state index contributed by atoms with van der Waals surface area (Å²) in [7, 11) is 3.10. The second-order valence-electron chi connectivity index (χ2n) is 5.50. The minimum atomic E-state index is -0.192. The van der Waals surface area contributed by atoms with Crippen LogP contribution in [0.3, 0.4) is 0 Å².